The number of ketones is 3. The van der Waals surface area contributed by atoms with Crippen LogP contribution in [0.5, 0.6) is 0 Å². The van der Waals surface area contributed by atoms with E-state index in [-0.39, 0.29) is 75.7 Å². The molecule has 24 heteroatoms. The maximum absolute atomic E-state index is 12.3. The second kappa shape index (κ2) is 39.7. The summed E-state index contributed by atoms with van der Waals surface area (Å²) in [5.74, 6) is 1.91. The number of fused-ring (bicyclic) bond motifs is 1. The van der Waals surface area contributed by atoms with Gasteiger partial charge in [0.1, 0.15) is 52.0 Å². The number of carbonyl (C=O) groups is 11. The molecule has 6 amide bonds. The van der Waals surface area contributed by atoms with Gasteiger partial charge in [-0.1, -0.05) is 37.0 Å². The fourth-order valence-corrected chi connectivity index (χ4v) is 15.0. The first-order valence-electron chi connectivity index (χ1n) is 39.7. The number of likely N-dealkylation sites (tertiary alicyclic amines) is 6. The average Bonchev–Trinajstić information content (AvgIpc) is 1.57. The average molecular weight is 1540 g/mol. The number of hydrogen-bond acceptors (Lipinski definition) is 18. The summed E-state index contributed by atoms with van der Waals surface area (Å²) in [6.45, 7) is 59.1. The summed E-state index contributed by atoms with van der Waals surface area (Å²) in [6.07, 6.45) is 25.5. The Kier molecular flexibility index (Phi) is 34.2. The number of hydrogen-bond donors (Lipinski definition) is 1. The molecule has 3 atom stereocenters. The molecular formula is C86H138N6O18. The van der Waals surface area contributed by atoms with Crippen molar-refractivity contribution in [1.82, 2.24) is 29.4 Å². The lowest BCUT2D eigenvalue weighted by molar-refractivity contribution is -0.130. The number of piperidine rings is 6. The molecule has 3 unspecified atom stereocenters. The van der Waals surface area contributed by atoms with Crippen molar-refractivity contribution in [3.63, 3.8) is 0 Å². The molecule has 24 nitrogen and oxygen atoms in total. The molecule has 9 rings (SSSR count). The van der Waals surface area contributed by atoms with Crippen LogP contribution in [0.4, 0.5) is 28.8 Å². The number of aliphatic hydroxyl groups is 1. The van der Waals surface area contributed by atoms with Crippen LogP contribution in [0.15, 0.2) is 75.4 Å². The van der Waals surface area contributed by atoms with E-state index < -0.39 is 45.1 Å². The van der Waals surface area contributed by atoms with E-state index in [1.165, 1.54) is 6.08 Å². The van der Waals surface area contributed by atoms with E-state index in [2.05, 4.69) is 32.9 Å². The minimum atomic E-state index is -0.568. The fraction of sp³-hybridized carbons (Fsp3) is 0.733. The molecule has 110 heavy (non-hydrogen) atoms. The van der Waals surface area contributed by atoms with Crippen LogP contribution in [0.3, 0.4) is 0 Å². The van der Waals surface area contributed by atoms with Crippen LogP contribution < -0.4 is 0 Å². The van der Waals surface area contributed by atoms with E-state index in [1.54, 1.807) is 53.7 Å². The van der Waals surface area contributed by atoms with Crippen molar-refractivity contribution in [2.75, 3.05) is 78.5 Å². The normalized spacial score (nSPS) is 22.0. The predicted molar refractivity (Wildman–Crippen MR) is 426 cm³/mol. The number of rotatable bonds is 12. The first kappa shape index (κ1) is 94.7. The molecule has 2 spiro atoms. The van der Waals surface area contributed by atoms with Crippen LogP contribution in [0.1, 0.15) is 240 Å². The molecule has 9 aliphatic rings. The third-order valence-corrected chi connectivity index (χ3v) is 21.5. The van der Waals surface area contributed by atoms with Crippen LogP contribution in [-0.2, 0) is 52.4 Å². The van der Waals surface area contributed by atoms with Crippen molar-refractivity contribution in [2.45, 2.75) is 280 Å². The van der Waals surface area contributed by atoms with Gasteiger partial charge in [-0.05, 0) is 258 Å². The summed E-state index contributed by atoms with van der Waals surface area (Å²) in [5.41, 5.74) is -4.14. The number of ether oxygens (including phenoxy) is 6. The number of aldehydes is 2. The second-order valence-electron chi connectivity index (χ2n) is 37.3. The van der Waals surface area contributed by atoms with Gasteiger partial charge in [0.05, 0.1) is 6.10 Å². The van der Waals surface area contributed by atoms with Gasteiger partial charge in [-0.3, -0.25) is 14.4 Å². The number of aliphatic hydroxyl groups excluding tert-OH is 1. The van der Waals surface area contributed by atoms with Gasteiger partial charge in [-0.2, -0.15) is 0 Å². The SMILES string of the molecule is C=CCC1(C(=O)C=C)CCN(C(=O)OC(C)(C)C)CC1.C=CCC1(C(O)C=C)CCN(C(=O)OC(C)(C)C)CC1.C=CCC1(C=O)CCN(C(=O)OC(C)(C)C)CC1.CC(C)(C)OC(=O)N1CCC(C=O)CC1.CC(C)(C)OC(=O)N1CCC2(CC1)CC1CC1C2=O.CC(C)(C)OC(=O)N1CCC2(CC=CC2=O)CC1. The Hall–Kier alpha value is -7.63. The van der Waals surface area contributed by atoms with Gasteiger partial charge < -0.3 is 72.5 Å². The highest BCUT2D eigenvalue weighted by Gasteiger charge is 2.61. The van der Waals surface area contributed by atoms with Crippen LogP contribution in [-0.4, -0.2) is 219 Å². The van der Waals surface area contributed by atoms with Gasteiger partial charge >= 0.3 is 36.6 Å². The Labute approximate surface area is 657 Å². The van der Waals surface area contributed by atoms with Crippen LogP contribution in [0.25, 0.3) is 0 Å². The Bertz CT molecular complexity index is 3210. The number of carbonyl (C=O) groups excluding carboxylic acids is 11. The smallest absolute Gasteiger partial charge is 0.410 e. The highest BCUT2D eigenvalue weighted by atomic mass is 16.6. The van der Waals surface area contributed by atoms with Gasteiger partial charge in [-0.25, -0.2) is 28.8 Å². The Morgan fingerprint density at radius 2 is 0.791 bits per heavy atom. The number of nitrogens with zero attached hydrogens (tertiary/aromatic N) is 6. The quantitative estimate of drug-likeness (QED) is 0.0822. The van der Waals surface area contributed by atoms with Crippen molar-refractivity contribution in [3.8, 4) is 0 Å². The van der Waals surface area contributed by atoms with Crippen molar-refractivity contribution in [1.29, 1.82) is 0 Å². The van der Waals surface area contributed by atoms with E-state index in [9.17, 15) is 57.8 Å². The number of amides is 6. The summed E-state index contributed by atoms with van der Waals surface area (Å²) in [6, 6.07) is 0. The van der Waals surface area contributed by atoms with Gasteiger partial charge in [-0.15, -0.1) is 26.3 Å². The molecule has 0 aromatic carbocycles. The lowest BCUT2D eigenvalue weighted by Crippen LogP contribution is -2.48. The summed E-state index contributed by atoms with van der Waals surface area (Å²) in [7, 11) is 0. The van der Waals surface area contributed by atoms with Gasteiger partial charge in [0.15, 0.2) is 11.6 Å². The fourth-order valence-electron chi connectivity index (χ4n) is 15.0. The third-order valence-electron chi connectivity index (χ3n) is 21.5. The lowest BCUT2D eigenvalue weighted by atomic mass is 9.71. The molecule has 8 fully saturated rings. The molecule has 620 valence electrons. The van der Waals surface area contributed by atoms with Crippen LogP contribution in [0.2, 0.25) is 0 Å². The topological polar surface area (TPSA) is 283 Å². The van der Waals surface area contributed by atoms with E-state index in [4.69, 9.17) is 28.4 Å². The molecule has 6 aliphatic heterocycles. The summed E-state index contributed by atoms with van der Waals surface area (Å²) in [5, 5.41) is 10.2. The van der Waals surface area contributed by atoms with E-state index >= 15 is 0 Å². The molecule has 1 N–H and O–H groups in total. The van der Waals surface area contributed by atoms with E-state index in [0.717, 1.165) is 89.6 Å². The molecule has 6 saturated heterocycles. The summed E-state index contributed by atoms with van der Waals surface area (Å²) >= 11 is 0. The maximum atomic E-state index is 12.3. The molecule has 0 radical (unpaired) electrons. The zero-order chi connectivity index (χ0) is 83.3. The molecule has 0 aromatic heterocycles. The van der Waals surface area contributed by atoms with Crippen molar-refractivity contribution >= 4 is 66.5 Å². The Balaban J connectivity index is 0.000000279. The Morgan fingerprint density at radius 1 is 0.464 bits per heavy atom. The van der Waals surface area contributed by atoms with Crippen molar-refractivity contribution in [2.24, 2.45) is 44.8 Å². The van der Waals surface area contributed by atoms with Gasteiger partial charge in [0.2, 0.25) is 0 Å². The van der Waals surface area contributed by atoms with E-state index in [0.29, 0.717) is 135 Å². The molecule has 6 heterocycles. The zero-order valence-electron chi connectivity index (χ0n) is 70.3. The van der Waals surface area contributed by atoms with Gasteiger partial charge in [0.25, 0.3) is 0 Å². The monoisotopic (exact) mass is 1540 g/mol. The zero-order valence-corrected chi connectivity index (χ0v) is 70.3. The van der Waals surface area contributed by atoms with Gasteiger partial charge in [0, 0.05) is 117 Å². The van der Waals surface area contributed by atoms with Crippen molar-refractivity contribution in [3.05, 3.63) is 75.4 Å². The van der Waals surface area contributed by atoms with Crippen LogP contribution >= 0.6 is 0 Å². The van der Waals surface area contributed by atoms with E-state index in [1.807, 2.05) is 137 Å². The molecular weight excluding hydrogens is 1400 g/mol. The lowest BCUT2D eigenvalue weighted by Gasteiger charge is -2.43. The molecule has 0 aromatic rings. The second-order valence-corrected chi connectivity index (χ2v) is 37.3. The number of Topliss-reactive ketones (excluding diaryl/α,β-unsaturated/α-hetero) is 1. The highest BCUT2D eigenvalue weighted by molar-refractivity contribution is 5.97. The third kappa shape index (κ3) is 29.5. The summed E-state index contributed by atoms with van der Waals surface area (Å²) < 4.78 is 32.0. The largest absolute Gasteiger partial charge is 0.444 e. The Morgan fingerprint density at radius 3 is 1.07 bits per heavy atom. The molecule has 3 aliphatic carbocycles. The molecule has 0 bridgehead atoms. The van der Waals surface area contributed by atoms with Crippen molar-refractivity contribution < 1.29 is 86.3 Å². The minimum Gasteiger partial charge on any atom is -0.444 e. The first-order valence-corrected chi connectivity index (χ1v) is 39.7. The standard InChI is InChI=1S/C16H27NO3.C16H25NO3.C15H23NO3.C14H21NO3.C14H23NO3.C11H19NO3/c2*1-6-8-16(13(18)7-2)9-11-17(12-10-16)14(19)20-15(3,4)5;1-14(2,3)19-13(18)16-6-4-15(5-7-16)9-10-8-11(10)12(15)17;1-13(2,3)18-12(17)15-9-7-14(8-10-15)6-4-5-11(14)16;1-5-6-14(11-16)7-9-15(10-8-14)12(17)18-13(2,3)4;1-11(2,3)15-10(14)12-6-4-9(8-13)5-7-12/h6-7,13,18H,1-2,8-12H2,3-5H3;6-7H,1-2,8-12H2,3-5H3;10-11H,4-9H2,1-3H3;4-5H,6-10H2,1-3H3;5,11H,1,6-10H2,2-4H3;8-9H,4-7H2,1-3H3. The highest BCUT2D eigenvalue weighted by Crippen LogP contribution is 2.60. The molecule has 2 saturated carbocycles. The first-order chi connectivity index (χ1) is 50.8. The number of allylic oxidation sites excluding steroid dienone is 6. The minimum absolute atomic E-state index is 0.0428. The maximum Gasteiger partial charge on any atom is 0.410 e. The predicted octanol–water partition coefficient (Wildman–Crippen LogP) is 16.2. The summed E-state index contributed by atoms with van der Waals surface area (Å²) in [4.78, 5) is 140. The van der Waals surface area contributed by atoms with Crippen LogP contribution in [0, 0.1) is 44.8 Å².